The molecule has 0 atom stereocenters. The molecule has 24 heavy (non-hydrogen) atoms. The quantitative estimate of drug-likeness (QED) is 0.604. The van der Waals surface area contributed by atoms with Crippen molar-refractivity contribution < 1.29 is 9.59 Å². The van der Waals surface area contributed by atoms with E-state index in [1.165, 1.54) is 0 Å². The maximum Gasteiger partial charge on any atom is 0.223 e. The van der Waals surface area contributed by atoms with E-state index in [9.17, 15) is 9.59 Å². The standard InChI is InChI=1S/C18H32N4O2/c1-5-21(17(3)23)11-7-9-19-13-15-20(16-14-19)10-8-12-22(6-2)18(4)24/h5-6H,1-2,7-16H2,3-4H3. The highest BCUT2D eigenvalue weighted by Gasteiger charge is 2.17. The molecule has 1 heterocycles. The predicted octanol–water partition coefficient (Wildman–Crippen LogP) is 1.37. The number of amides is 2. The number of nitrogens with zero attached hydrogens (tertiary/aromatic N) is 4. The van der Waals surface area contributed by atoms with Gasteiger partial charge in [-0.3, -0.25) is 9.59 Å². The number of hydrogen-bond donors (Lipinski definition) is 0. The Bertz CT molecular complexity index is 391. The van der Waals surface area contributed by atoms with Crippen LogP contribution in [-0.4, -0.2) is 83.8 Å². The zero-order valence-electron chi connectivity index (χ0n) is 15.2. The minimum Gasteiger partial charge on any atom is -0.320 e. The molecule has 0 aromatic carbocycles. The average Bonchev–Trinajstić information content (AvgIpc) is 2.56. The topological polar surface area (TPSA) is 47.1 Å². The molecule has 136 valence electrons. The van der Waals surface area contributed by atoms with E-state index in [4.69, 9.17) is 0 Å². The van der Waals surface area contributed by atoms with Crippen molar-refractivity contribution >= 4 is 11.8 Å². The largest absolute Gasteiger partial charge is 0.320 e. The van der Waals surface area contributed by atoms with Gasteiger partial charge in [-0.2, -0.15) is 0 Å². The molecule has 1 fully saturated rings. The highest BCUT2D eigenvalue weighted by molar-refractivity contribution is 5.74. The van der Waals surface area contributed by atoms with Crippen LogP contribution in [0.5, 0.6) is 0 Å². The van der Waals surface area contributed by atoms with Gasteiger partial charge in [0.25, 0.3) is 0 Å². The maximum absolute atomic E-state index is 11.3. The third-order valence-electron chi connectivity index (χ3n) is 4.46. The van der Waals surface area contributed by atoms with Crippen molar-refractivity contribution in [2.75, 3.05) is 52.4 Å². The molecular weight excluding hydrogens is 304 g/mol. The molecule has 1 rings (SSSR count). The lowest BCUT2D eigenvalue weighted by molar-refractivity contribution is -0.127. The second-order valence-electron chi connectivity index (χ2n) is 6.18. The lowest BCUT2D eigenvalue weighted by atomic mass is 10.2. The lowest BCUT2D eigenvalue weighted by Crippen LogP contribution is -2.47. The Balaban J connectivity index is 2.15. The highest BCUT2D eigenvalue weighted by atomic mass is 16.2. The fourth-order valence-electron chi connectivity index (χ4n) is 2.92. The molecule has 0 aromatic heterocycles. The first kappa shape index (κ1) is 20.4. The number of piperazine rings is 1. The van der Waals surface area contributed by atoms with E-state index in [2.05, 4.69) is 23.0 Å². The second-order valence-corrected chi connectivity index (χ2v) is 6.18. The molecule has 0 aromatic rings. The van der Waals surface area contributed by atoms with E-state index in [0.717, 1.165) is 65.2 Å². The summed E-state index contributed by atoms with van der Waals surface area (Å²) < 4.78 is 0. The van der Waals surface area contributed by atoms with Crippen molar-refractivity contribution in [1.82, 2.24) is 19.6 Å². The van der Waals surface area contributed by atoms with Gasteiger partial charge in [0.05, 0.1) is 0 Å². The van der Waals surface area contributed by atoms with Crippen LogP contribution >= 0.6 is 0 Å². The fourth-order valence-corrected chi connectivity index (χ4v) is 2.92. The van der Waals surface area contributed by atoms with E-state index in [1.807, 2.05) is 0 Å². The van der Waals surface area contributed by atoms with Crippen LogP contribution in [0.25, 0.3) is 0 Å². The van der Waals surface area contributed by atoms with Crippen LogP contribution in [-0.2, 0) is 9.59 Å². The van der Waals surface area contributed by atoms with Gasteiger partial charge in [0.2, 0.25) is 11.8 Å². The fraction of sp³-hybridized carbons (Fsp3) is 0.667. The number of carbonyl (C=O) groups excluding carboxylic acids is 2. The maximum atomic E-state index is 11.3. The van der Waals surface area contributed by atoms with Crippen LogP contribution in [0.1, 0.15) is 26.7 Å². The molecule has 1 aliphatic rings. The van der Waals surface area contributed by atoms with Crippen molar-refractivity contribution in [3.8, 4) is 0 Å². The summed E-state index contributed by atoms with van der Waals surface area (Å²) in [5.41, 5.74) is 0. The molecule has 0 N–H and O–H groups in total. The van der Waals surface area contributed by atoms with E-state index in [1.54, 1.807) is 36.0 Å². The van der Waals surface area contributed by atoms with Gasteiger partial charge in [0.1, 0.15) is 0 Å². The Morgan fingerprint density at radius 1 is 0.833 bits per heavy atom. The van der Waals surface area contributed by atoms with Crippen molar-refractivity contribution in [3.05, 3.63) is 25.6 Å². The monoisotopic (exact) mass is 336 g/mol. The number of carbonyl (C=O) groups is 2. The van der Waals surface area contributed by atoms with Gasteiger partial charge >= 0.3 is 0 Å². The van der Waals surface area contributed by atoms with Crippen molar-refractivity contribution in [3.63, 3.8) is 0 Å². The van der Waals surface area contributed by atoms with Gasteiger partial charge in [0.15, 0.2) is 0 Å². The van der Waals surface area contributed by atoms with E-state index in [0.29, 0.717) is 0 Å². The minimum atomic E-state index is 0.0500. The second kappa shape index (κ2) is 11.0. The van der Waals surface area contributed by atoms with E-state index < -0.39 is 0 Å². The third kappa shape index (κ3) is 7.27. The summed E-state index contributed by atoms with van der Waals surface area (Å²) >= 11 is 0. The summed E-state index contributed by atoms with van der Waals surface area (Å²) in [6.07, 6.45) is 5.15. The Kier molecular flexibility index (Phi) is 9.34. The Hall–Kier alpha value is -1.66. The van der Waals surface area contributed by atoms with Crippen LogP contribution in [0.3, 0.4) is 0 Å². The summed E-state index contributed by atoms with van der Waals surface area (Å²) in [5.74, 6) is 0.0999. The minimum absolute atomic E-state index is 0.0500. The van der Waals surface area contributed by atoms with Crippen LogP contribution in [0, 0.1) is 0 Å². The Morgan fingerprint density at radius 2 is 1.17 bits per heavy atom. The molecule has 0 saturated carbocycles. The van der Waals surface area contributed by atoms with Crippen molar-refractivity contribution in [2.45, 2.75) is 26.7 Å². The molecule has 1 saturated heterocycles. The van der Waals surface area contributed by atoms with Gasteiger partial charge in [-0.1, -0.05) is 13.2 Å². The first-order valence-electron chi connectivity index (χ1n) is 8.72. The Labute approximate surface area is 146 Å². The average molecular weight is 336 g/mol. The van der Waals surface area contributed by atoms with Crippen LogP contribution in [0.2, 0.25) is 0 Å². The molecule has 0 spiro atoms. The third-order valence-corrected chi connectivity index (χ3v) is 4.46. The molecule has 0 bridgehead atoms. The number of rotatable bonds is 10. The molecular formula is C18H32N4O2. The first-order valence-corrected chi connectivity index (χ1v) is 8.72. The van der Waals surface area contributed by atoms with Gasteiger partial charge in [-0.05, 0) is 38.3 Å². The summed E-state index contributed by atoms with van der Waals surface area (Å²) in [5, 5.41) is 0. The van der Waals surface area contributed by atoms with Crippen LogP contribution in [0.4, 0.5) is 0 Å². The van der Waals surface area contributed by atoms with Gasteiger partial charge in [-0.25, -0.2) is 0 Å². The summed E-state index contributed by atoms with van der Waals surface area (Å²) in [7, 11) is 0. The lowest BCUT2D eigenvalue weighted by Gasteiger charge is -2.35. The normalized spacial score (nSPS) is 15.8. The molecule has 0 aliphatic carbocycles. The van der Waals surface area contributed by atoms with Gasteiger partial charge in [0, 0.05) is 53.1 Å². The number of hydrogen-bond acceptors (Lipinski definition) is 4. The van der Waals surface area contributed by atoms with E-state index in [-0.39, 0.29) is 11.8 Å². The van der Waals surface area contributed by atoms with Crippen LogP contribution < -0.4 is 0 Å². The molecule has 2 amide bonds. The zero-order chi connectivity index (χ0) is 17.9. The Morgan fingerprint density at radius 3 is 1.42 bits per heavy atom. The predicted molar refractivity (Wildman–Crippen MR) is 97.3 cm³/mol. The molecule has 6 heteroatoms. The van der Waals surface area contributed by atoms with Crippen LogP contribution in [0.15, 0.2) is 25.6 Å². The smallest absolute Gasteiger partial charge is 0.223 e. The zero-order valence-corrected chi connectivity index (χ0v) is 15.2. The van der Waals surface area contributed by atoms with E-state index >= 15 is 0 Å². The SMILES string of the molecule is C=CN(CCCN1CCN(CCCN(C=C)C(C)=O)CC1)C(C)=O. The summed E-state index contributed by atoms with van der Waals surface area (Å²) in [6.45, 7) is 18.2. The first-order chi connectivity index (χ1) is 11.5. The molecule has 0 unspecified atom stereocenters. The van der Waals surface area contributed by atoms with Gasteiger partial charge < -0.3 is 19.6 Å². The summed E-state index contributed by atoms with van der Waals surface area (Å²) in [4.78, 5) is 30.9. The summed E-state index contributed by atoms with van der Waals surface area (Å²) in [6, 6.07) is 0. The molecule has 1 aliphatic heterocycles. The molecule has 6 nitrogen and oxygen atoms in total. The van der Waals surface area contributed by atoms with Crippen molar-refractivity contribution in [2.24, 2.45) is 0 Å². The van der Waals surface area contributed by atoms with Crippen molar-refractivity contribution in [1.29, 1.82) is 0 Å². The highest BCUT2D eigenvalue weighted by Crippen LogP contribution is 2.05. The van der Waals surface area contributed by atoms with Gasteiger partial charge in [-0.15, -0.1) is 0 Å². The molecule has 0 radical (unpaired) electrons.